The van der Waals surface area contributed by atoms with Gasteiger partial charge in [0.1, 0.15) is 17.7 Å². The summed E-state index contributed by atoms with van der Waals surface area (Å²) in [7, 11) is 1.62. The number of aliphatic hydroxyl groups is 1. The third-order valence-corrected chi connectivity index (χ3v) is 3.59. The summed E-state index contributed by atoms with van der Waals surface area (Å²) < 4.78 is 18.9. The predicted octanol–water partition coefficient (Wildman–Crippen LogP) is 4.07. The van der Waals surface area contributed by atoms with E-state index in [0.29, 0.717) is 5.56 Å². The Balaban J connectivity index is 2.03. The molecule has 0 saturated carbocycles. The van der Waals surface area contributed by atoms with Gasteiger partial charge >= 0.3 is 0 Å². The summed E-state index contributed by atoms with van der Waals surface area (Å²) in [5.74, 6) is 0.379. The Morgan fingerprint density at radius 3 is 2.43 bits per heavy atom. The number of ether oxygens (including phenoxy) is 1. The third kappa shape index (κ3) is 2.60. The van der Waals surface area contributed by atoms with E-state index in [1.165, 1.54) is 6.07 Å². The van der Waals surface area contributed by atoms with E-state index in [4.69, 9.17) is 4.74 Å². The average Bonchev–Trinajstić information content (AvgIpc) is 2.53. The van der Waals surface area contributed by atoms with E-state index in [2.05, 4.69) is 0 Å². The molecule has 0 aromatic heterocycles. The van der Waals surface area contributed by atoms with Gasteiger partial charge < -0.3 is 9.84 Å². The van der Waals surface area contributed by atoms with Crippen LogP contribution in [0.15, 0.2) is 60.7 Å². The van der Waals surface area contributed by atoms with E-state index >= 15 is 0 Å². The fourth-order valence-electron chi connectivity index (χ4n) is 2.42. The summed E-state index contributed by atoms with van der Waals surface area (Å²) in [6.45, 7) is 0. The lowest BCUT2D eigenvalue weighted by molar-refractivity contribution is 0.215. The molecule has 1 atom stereocenters. The molecule has 0 aliphatic heterocycles. The Morgan fingerprint density at radius 2 is 1.67 bits per heavy atom. The number of halogens is 1. The summed E-state index contributed by atoms with van der Waals surface area (Å²) in [4.78, 5) is 0. The zero-order valence-electron chi connectivity index (χ0n) is 11.6. The lowest BCUT2D eigenvalue weighted by Gasteiger charge is -2.13. The molecule has 0 spiro atoms. The van der Waals surface area contributed by atoms with Crippen LogP contribution in [0.2, 0.25) is 0 Å². The van der Waals surface area contributed by atoms with Gasteiger partial charge in [0.2, 0.25) is 0 Å². The van der Waals surface area contributed by atoms with Crippen molar-refractivity contribution in [2.45, 2.75) is 6.10 Å². The summed E-state index contributed by atoms with van der Waals surface area (Å²) in [5.41, 5.74) is 0.947. The van der Waals surface area contributed by atoms with Gasteiger partial charge in [-0.3, -0.25) is 0 Å². The van der Waals surface area contributed by atoms with Gasteiger partial charge in [0, 0.05) is 5.56 Å². The molecule has 0 saturated heterocycles. The normalized spacial score (nSPS) is 12.3. The number of aliphatic hydroxyl groups excluding tert-OH is 1. The molecule has 3 rings (SSSR count). The minimum atomic E-state index is -0.974. The van der Waals surface area contributed by atoms with Crippen molar-refractivity contribution in [3.05, 3.63) is 77.6 Å². The fraction of sp³-hybridized carbons (Fsp3) is 0.111. The van der Waals surface area contributed by atoms with E-state index in [9.17, 15) is 9.50 Å². The minimum absolute atomic E-state index is 0.283. The lowest BCUT2D eigenvalue weighted by Crippen LogP contribution is -2.02. The maximum atomic E-state index is 13.8. The molecule has 0 aliphatic carbocycles. The van der Waals surface area contributed by atoms with Crippen LogP contribution in [0.25, 0.3) is 10.8 Å². The molecule has 1 N–H and O–H groups in total. The van der Waals surface area contributed by atoms with Crippen molar-refractivity contribution in [3.8, 4) is 5.75 Å². The highest BCUT2D eigenvalue weighted by molar-refractivity contribution is 5.84. The lowest BCUT2D eigenvalue weighted by atomic mass is 9.98. The number of hydrogen-bond acceptors (Lipinski definition) is 2. The maximum Gasteiger partial charge on any atom is 0.129 e. The predicted molar refractivity (Wildman–Crippen MR) is 81.0 cm³/mol. The number of benzene rings is 3. The fourth-order valence-corrected chi connectivity index (χ4v) is 2.42. The molecule has 3 aromatic carbocycles. The van der Waals surface area contributed by atoms with E-state index in [1.807, 2.05) is 30.3 Å². The molecular formula is C18H15FO2. The van der Waals surface area contributed by atoms with Gasteiger partial charge in [0.05, 0.1) is 7.11 Å². The molecule has 0 bridgehead atoms. The van der Waals surface area contributed by atoms with Gasteiger partial charge in [0.15, 0.2) is 0 Å². The van der Waals surface area contributed by atoms with Crippen LogP contribution >= 0.6 is 0 Å². The Labute approximate surface area is 122 Å². The second kappa shape index (κ2) is 5.54. The molecule has 2 nitrogen and oxygen atoms in total. The van der Waals surface area contributed by atoms with Gasteiger partial charge in [0.25, 0.3) is 0 Å². The van der Waals surface area contributed by atoms with Gasteiger partial charge in [-0.25, -0.2) is 4.39 Å². The average molecular weight is 282 g/mol. The zero-order chi connectivity index (χ0) is 14.8. The summed E-state index contributed by atoms with van der Waals surface area (Å²) in [6.07, 6.45) is -0.974. The molecule has 0 radical (unpaired) electrons. The molecule has 3 aromatic rings. The van der Waals surface area contributed by atoms with Crippen molar-refractivity contribution in [2.75, 3.05) is 7.11 Å². The Kier molecular flexibility index (Phi) is 3.59. The summed E-state index contributed by atoms with van der Waals surface area (Å²) in [6, 6.07) is 17.6. The first kappa shape index (κ1) is 13.6. The van der Waals surface area contributed by atoms with Gasteiger partial charge in [-0.1, -0.05) is 36.4 Å². The first-order valence-corrected chi connectivity index (χ1v) is 6.69. The van der Waals surface area contributed by atoms with Crippen LogP contribution in [0.4, 0.5) is 4.39 Å². The van der Waals surface area contributed by atoms with Crippen LogP contribution in [0, 0.1) is 5.82 Å². The van der Waals surface area contributed by atoms with Crippen molar-refractivity contribution >= 4 is 10.8 Å². The topological polar surface area (TPSA) is 29.5 Å². The highest BCUT2D eigenvalue weighted by Gasteiger charge is 2.14. The van der Waals surface area contributed by atoms with Gasteiger partial charge in [-0.2, -0.15) is 0 Å². The van der Waals surface area contributed by atoms with E-state index in [0.717, 1.165) is 16.5 Å². The number of hydrogen-bond donors (Lipinski definition) is 1. The van der Waals surface area contributed by atoms with Crippen molar-refractivity contribution in [3.63, 3.8) is 0 Å². The number of fused-ring (bicyclic) bond motifs is 1. The Morgan fingerprint density at radius 1 is 0.952 bits per heavy atom. The molecular weight excluding hydrogens is 267 g/mol. The number of rotatable bonds is 3. The molecule has 106 valence electrons. The molecule has 1 unspecified atom stereocenters. The first-order chi connectivity index (χ1) is 10.2. The highest BCUT2D eigenvalue weighted by atomic mass is 19.1. The molecule has 0 aliphatic rings. The summed E-state index contributed by atoms with van der Waals surface area (Å²) >= 11 is 0. The summed E-state index contributed by atoms with van der Waals surface area (Å²) in [5, 5.41) is 12.4. The van der Waals surface area contributed by atoms with Gasteiger partial charge in [-0.15, -0.1) is 0 Å². The largest absolute Gasteiger partial charge is 0.497 e. The van der Waals surface area contributed by atoms with E-state index in [-0.39, 0.29) is 5.56 Å². The van der Waals surface area contributed by atoms with Crippen LogP contribution in [0.5, 0.6) is 5.75 Å². The van der Waals surface area contributed by atoms with Crippen molar-refractivity contribution in [1.29, 1.82) is 0 Å². The molecule has 0 fully saturated rings. The smallest absolute Gasteiger partial charge is 0.129 e. The number of methoxy groups -OCH3 is 1. The third-order valence-electron chi connectivity index (χ3n) is 3.59. The maximum absolute atomic E-state index is 13.8. The molecule has 0 amide bonds. The highest BCUT2D eigenvalue weighted by Crippen LogP contribution is 2.28. The van der Waals surface area contributed by atoms with Crippen LogP contribution in [0.1, 0.15) is 17.2 Å². The van der Waals surface area contributed by atoms with Crippen LogP contribution in [-0.2, 0) is 0 Å². The first-order valence-electron chi connectivity index (χ1n) is 6.69. The Hall–Kier alpha value is -2.39. The molecule has 3 heteroatoms. The second-order valence-electron chi connectivity index (χ2n) is 4.90. The minimum Gasteiger partial charge on any atom is -0.497 e. The van der Waals surface area contributed by atoms with Crippen LogP contribution in [0.3, 0.4) is 0 Å². The standard InChI is InChI=1S/C18H15FO2/c1-21-15-9-8-12-10-14(7-6-13(12)11-15)18(20)16-4-2-3-5-17(16)19/h2-11,18,20H,1H3. The van der Waals surface area contributed by atoms with Crippen molar-refractivity contribution < 1.29 is 14.2 Å². The van der Waals surface area contributed by atoms with Crippen molar-refractivity contribution in [2.24, 2.45) is 0 Å². The Bertz CT molecular complexity index is 783. The molecule has 0 heterocycles. The SMILES string of the molecule is COc1ccc2cc(C(O)c3ccccc3F)ccc2c1. The monoisotopic (exact) mass is 282 g/mol. The van der Waals surface area contributed by atoms with E-state index < -0.39 is 11.9 Å². The van der Waals surface area contributed by atoms with Crippen molar-refractivity contribution in [1.82, 2.24) is 0 Å². The molecule has 21 heavy (non-hydrogen) atoms. The van der Waals surface area contributed by atoms with E-state index in [1.54, 1.807) is 31.4 Å². The van der Waals surface area contributed by atoms with Crippen LogP contribution in [-0.4, -0.2) is 12.2 Å². The quantitative estimate of drug-likeness (QED) is 0.784. The van der Waals surface area contributed by atoms with Crippen LogP contribution < -0.4 is 4.74 Å². The van der Waals surface area contributed by atoms with Gasteiger partial charge in [-0.05, 0) is 40.6 Å². The second-order valence-corrected chi connectivity index (χ2v) is 4.90. The zero-order valence-corrected chi connectivity index (χ0v) is 11.6.